The zero-order valence-electron chi connectivity index (χ0n) is 19.5. The van der Waals surface area contributed by atoms with Crippen molar-refractivity contribution in [2.45, 2.75) is 19.7 Å². The van der Waals surface area contributed by atoms with Gasteiger partial charge in [-0.15, -0.1) is 24.0 Å². The molecule has 0 aliphatic carbocycles. The Kier molecular flexibility index (Phi) is 11.1. The first kappa shape index (κ1) is 26.2. The first-order valence-corrected chi connectivity index (χ1v) is 10.6. The molecule has 3 rings (SSSR count). The van der Waals surface area contributed by atoms with Crippen LogP contribution in [0.4, 0.5) is 0 Å². The zero-order valence-corrected chi connectivity index (χ0v) is 21.8. The van der Waals surface area contributed by atoms with E-state index >= 15 is 0 Å². The monoisotopic (exact) mass is 554 g/mol. The zero-order chi connectivity index (χ0) is 22.1. The summed E-state index contributed by atoms with van der Waals surface area (Å²) in [5, 5.41) is 3.50. The van der Waals surface area contributed by atoms with Gasteiger partial charge in [0.05, 0.1) is 20.8 Å². The van der Waals surface area contributed by atoms with E-state index in [-0.39, 0.29) is 24.0 Å². The third kappa shape index (κ3) is 7.25. The predicted octanol–water partition coefficient (Wildman–Crippen LogP) is 3.36. The van der Waals surface area contributed by atoms with Crippen molar-refractivity contribution in [1.82, 2.24) is 15.1 Å². The summed E-state index contributed by atoms with van der Waals surface area (Å²) in [6.45, 7) is 5.99. The molecule has 1 aliphatic rings. The van der Waals surface area contributed by atoms with E-state index in [1.807, 2.05) is 19.2 Å². The smallest absolute Gasteiger partial charge is 0.194 e. The van der Waals surface area contributed by atoms with Gasteiger partial charge in [0.1, 0.15) is 11.5 Å². The molecule has 0 bridgehead atoms. The van der Waals surface area contributed by atoms with Crippen molar-refractivity contribution in [3.8, 4) is 11.5 Å². The van der Waals surface area contributed by atoms with Gasteiger partial charge in [0.25, 0.3) is 0 Å². The van der Waals surface area contributed by atoms with E-state index in [0.717, 1.165) is 62.3 Å². The van der Waals surface area contributed by atoms with Gasteiger partial charge >= 0.3 is 0 Å². The van der Waals surface area contributed by atoms with Gasteiger partial charge in [-0.2, -0.15) is 0 Å². The third-order valence-electron chi connectivity index (χ3n) is 5.52. The molecule has 32 heavy (non-hydrogen) atoms. The van der Waals surface area contributed by atoms with Crippen LogP contribution >= 0.6 is 24.0 Å². The van der Waals surface area contributed by atoms with Crippen molar-refractivity contribution >= 4 is 29.9 Å². The highest BCUT2D eigenvalue weighted by Crippen LogP contribution is 2.25. The van der Waals surface area contributed by atoms with Crippen LogP contribution < -0.4 is 14.8 Å². The summed E-state index contributed by atoms with van der Waals surface area (Å²) >= 11 is 0. The summed E-state index contributed by atoms with van der Waals surface area (Å²) in [6.07, 6.45) is 0. The van der Waals surface area contributed by atoms with Crippen LogP contribution in [0.15, 0.2) is 47.5 Å². The molecule has 176 valence electrons. The Bertz CT molecular complexity index is 870. The van der Waals surface area contributed by atoms with E-state index < -0.39 is 0 Å². The minimum atomic E-state index is 0. The van der Waals surface area contributed by atoms with E-state index in [0.29, 0.717) is 6.61 Å². The molecule has 0 aromatic heterocycles. The van der Waals surface area contributed by atoms with E-state index in [1.165, 1.54) is 11.1 Å². The molecule has 1 fully saturated rings. The Hall–Kier alpha value is -2.04. The molecule has 2 aromatic carbocycles. The van der Waals surface area contributed by atoms with Gasteiger partial charge in [0, 0.05) is 59.0 Å². The number of benzene rings is 2. The molecule has 1 heterocycles. The first-order chi connectivity index (χ1) is 15.2. The van der Waals surface area contributed by atoms with Crippen LogP contribution in [0.5, 0.6) is 11.5 Å². The van der Waals surface area contributed by atoms with Crippen molar-refractivity contribution in [3.63, 3.8) is 0 Å². The first-order valence-electron chi connectivity index (χ1n) is 10.6. The summed E-state index contributed by atoms with van der Waals surface area (Å²) in [5.41, 5.74) is 3.55. The summed E-state index contributed by atoms with van der Waals surface area (Å²) in [7, 11) is 6.97. The highest BCUT2D eigenvalue weighted by molar-refractivity contribution is 14.0. The van der Waals surface area contributed by atoms with Gasteiger partial charge in [-0.3, -0.25) is 9.89 Å². The molecular formula is C24H35IN4O3. The second-order valence-corrected chi connectivity index (χ2v) is 7.59. The Morgan fingerprint density at radius 1 is 0.969 bits per heavy atom. The standard InChI is InChI=1S/C24H34N4O3.HI/c1-25-24(26-16-19-6-5-7-20(14-19)18-29-2)28-12-10-27(11-13-28)17-21-15-22(30-3)8-9-23(21)31-4;/h5-9,14-15H,10-13,16-18H2,1-4H3,(H,25,26);1H. The Morgan fingerprint density at radius 3 is 2.38 bits per heavy atom. The van der Waals surface area contributed by atoms with Crippen LogP contribution in [0, 0.1) is 0 Å². The lowest BCUT2D eigenvalue weighted by Gasteiger charge is -2.36. The van der Waals surface area contributed by atoms with Crippen molar-refractivity contribution < 1.29 is 14.2 Å². The molecule has 0 amide bonds. The van der Waals surface area contributed by atoms with Gasteiger partial charge < -0.3 is 24.4 Å². The van der Waals surface area contributed by atoms with E-state index in [1.54, 1.807) is 21.3 Å². The quantitative estimate of drug-likeness (QED) is 0.307. The third-order valence-corrected chi connectivity index (χ3v) is 5.52. The molecule has 0 atom stereocenters. The Labute approximate surface area is 208 Å². The fourth-order valence-corrected chi connectivity index (χ4v) is 3.87. The number of piperazine rings is 1. The average Bonchev–Trinajstić information content (AvgIpc) is 2.81. The van der Waals surface area contributed by atoms with E-state index in [9.17, 15) is 0 Å². The number of nitrogens with one attached hydrogen (secondary N) is 1. The highest BCUT2D eigenvalue weighted by Gasteiger charge is 2.20. The number of rotatable bonds is 8. The number of ether oxygens (including phenoxy) is 3. The van der Waals surface area contributed by atoms with Crippen LogP contribution in [0.2, 0.25) is 0 Å². The lowest BCUT2D eigenvalue weighted by molar-refractivity contribution is 0.171. The average molecular weight is 554 g/mol. The maximum Gasteiger partial charge on any atom is 0.194 e. The molecule has 8 heteroatoms. The van der Waals surface area contributed by atoms with Gasteiger partial charge in [-0.05, 0) is 29.3 Å². The van der Waals surface area contributed by atoms with Crippen LogP contribution in [0.25, 0.3) is 0 Å². The second kappa shape index (κ2) is 13.5. The lowest BCUT2D eigenvalue weighted by atomic mass is 10.1. The number of hydrogen-bond donors (Lipinski definition) is 1. The van der Waals surface area contributed by atoms with E-state index in [2.05, 4.69) is 50.4 Å². The molecular weight excluding hydrogens is 519 g/mol. The molecule has 1 aliphatic heterocycles. The fraction of sp³-hybridized carbons (Fsp3) is 0.458. The van der Waals surface area contributed by atoms with Crippen molar-refractivity contribution in [2.24, 2.45) is 4.99 Å². The number of methoxy groups -OCH3 is 3. The van der Waals surface area contributed by atoms with Crippen LogP contribution in [-0.2, 0) is 24.4 Å². The SMILES string of the molecule is CN=C(NCc1cccc(COC)c1)N1CCN(Cc2cc(OC)ccc2OC)CC1.I. The molecule has 7 nitrogen and oxygen atoms in total. The predicted molar refractivity (Wildman–Crippen MR) is 139 cm³/mol. The van der Waals surface area contributed by atoms with Crippen LogP contribution in [-0.4, -0.2) is 70.3 Å². The maximum atomic E-state index is 5.53. The van der Waals surface area contributed by atoms with Crippen molar-refractivity contribution in [2.75, 3.05) is 54.6 Å². The summed E-state index contributed by atoms with van der Waals surface area (Å²) in [5.74, 6) is 2.70. The Balaban J connectivity index is 0.00000363. The molecule has 2 aromatic rings. The maximum absolute atomic E-state index is 5.53. The number of nitrogens with zero attached hydrogens (tertiary/aromatic N) is 3. The number of guanidine groups is 1. The largest absolute Gasteiger partial charge is 0.497 e. The summed E-state index contributed by atoms with van der Waals surface area (Å²) < 4.78 is 16.1. The topological polar surface area (TPSA) is 58.6 Å². The number of hydrogen-bond acceptors (Lipinski definition) is 5. The fourth-order valence-electron chi connectivity index (χ4n) is 3.87. The summed E-state index contributed by atoms with van der Waals surface area (Å²) in [6, 6.07) is 14.4. The molecule has 0 spiro atoms. The second-order valence-electron chi connectivity index (χ2n) is 7.59. The number of halogens is 1. The normalized spacial score (nSPS) is 14.6. The summed E-state index contributed by atoms with van der Waals surface area (Å²) in [4.78, 5) is 9.25. The molecule has 0 unspecified atom stereocenters. The van der Waals surface area contributed by atoms with Crippen molar-refractivity contribution in [1.29, 1.82) is 0 Å². The number of aliphatic imine (C=N–C) groups is 1. The van der Waals surface area contributed by atoms with Gasteiger partial charge in [-0.1, -0.05) is 24.3 Å². The van der Waals surface area contributed by atoms with Crippen LogP contribution in [0.1, 0.15) is 16.7 Å². The van der Waals surface area contributed by atoms with Gasteiger partial charge in [-0.25, -0.2) is 0 Å². The lowest BCUT2D eigenvalue weighted by Crippen LogP contribution is -2.52. The van der Waals surface area contributed by atoms with Gasteiger partial charge in [0.15, 0.2) is 5.96 Å². The minimum absolute atomic E-state index is 0. The van der Waals surface area contributed by atoms with Gasteiger partial charge in [0.2, 0.25) is 0 Å². The van der Waals surface area contributed by atoms with E-state index in [4.69, 9.17) is 14.2 Å². The molecule has 1 N–H and O–H groups in total. The highest BCUT2D eigenvalue weighted by atomic mass is 127. The van der Waals surface area contributed by atoms with Crippen molar-refractivity contribution in [3.05, 3.63) is 59.2 Å². The van der Waals surface area contributed by atoms with Crippen LogP contribution in [0.3, 0.4) is 0 Å². The molecule has 0 saturated carbocycles. The molecule has 0 radical (unpaired) electrons. The minimum Gasteiger partial charge on any atom is -0.497 e. The molecule has 1 saturated heterocycles. The Morgan fingerprint density at radius 2 is 1.72 bits per heavy atom.